The van der Waals surface area contributed by atoms with Gasteiger partial charge >= 0.3 is 5.97 Å². The van der Waals surface area contributed by atoms with Crippen LogP contribution in [0.1, 0.15) is 24.6 Å². The molecular formula is C10H13N3O3. The van der Waals surface area contributed by atoms with Gasteiger partial charge in [0, 0.05) is 19.0 Å². The number of carboxylic acid groups (broad SMARTS) is 1. The predicted octanol–water partition coefficient (Wildman–Crippen LogP) is 0.199. The molecule has 2 unspecified atom stereocenters. The number of likely N-dealkylation sites (N-methyl/N-ethyl adjacent to an activating group) is 1. The van der Waals surface area contributed by atoms with Crippen LogP contribution in [0.4, 0.5) is 0 Å². The number of ketones is 1. The molecule has 0 aliphatic carbocycles. The van der Waals surface area contributed by atoms with E-state index in [9.17, 15) is 9.59 Å². The Morgan fingerprint density at radius 2 is 2.38 bits per heavy atom. The number of carboxylic acids is 1. The first-order valence-corrected chi connectivity index (χ1v) is 5.04. The third kappa shape index (κ3) is 1.83. The summed E-state index contributed by atoms with van der Waals surface area (Å²) in [6, 6.07) is -0.959. The maximum atomic E-state index is 11.5. The zero-order valence-electron chi connectivity index (χ0n) is 8.88. The Morgan fingerprint density at radius 1 is 1.62 bits per heavy atom. The number of aromatic nitrogens is 2. The number of carbonyl (C=O) groups is 2. The van der Waals surface area contributed by atoms with Gasteiger partial charge in [-0.25, -0.2) is 4.98 Å². The molecule has 0 radical (unpaired) electrons. The van der Waals surface area contributed by atoms with E-state index in [4.69, 9.17) is 5.11 Å². The Morgan fingerprint density at radius 3 is 2.94 bits per heavy atom. The van der Waals surface area contributed by atoms with Crippen LogP contribution in [-0.4, -0.2) is 44.8 Å². The molecule has 0 spiro atoms. The fourth-order valence-corrected chi connectivity index (χ4v) is 2.06. The van der Waals surface area contributed by atoms with E-state index < -0.39 is 12.0 Å². The van der Waals surface area contributed by atoms with Gasteiger partial charge in [-0.05, 0) is 7.05 Å². The normalized spacial score (nSPS) is 26.9. The summed E-state index contributed by atoms with van der Waals surface area (Å²) in [6.07, 6.45) is 3.57. The van der Waals surface area contributed by atoms with Gasteiger partial charge < -0.3 is 10.1 Å². The number of rotatable bonds is 2. The van der Waals surface area contributed by atoms with E-state index in [1.165, 1.54) is 6.33 Å². The monoisotopic (exact) mass is 223 g/mol. The minimum atomic E-state index is -0.958. The molecule has 1 aliphatic rings. The lowest BCUT2D eigenvalue weighted by Gasteiger charge is -2.35. The van der Waals surface area contributed by atoms with Crippen molar-refractivity contribution in [3.63, 3.8) is 0 Å². The molecule has 0 saturated carbocycles. The standard InChI is InChI=1S/C10H13N3O3/c1-13-8(7-4-11-5-12-7)2-6(14)3-9(13)10(15)16/h4-5,8-9H,2-3H2,1H3,(H,11,12)(H,15,16). The third-order valence-corrected chi connectivity index (χ3v) is 2.99. The Labute approximate surface area is 92.3 Å². The first kappa shape index (κ1) is 10.8. The molecule has 1 aromatic heterocycles. The highest BCUT2D eigenvalue weighted by Crippen LogP contribution is 2.29. The van der Waals surface area contributed by atoms with E-state index in [0.717, 1.165) is 5.69 Å². The van der Waals surface area contributed by atoms with Crippen molar-refractivity contribution in [2.75, 3.05) is 7.05 Å². The number of imidazole rings is 1. The van der Waals surface area contributed by atoms with Crippen LogP contribution in [0.15, 0.2) is 12.5 Å². The van der Waals surface area contributed by atoms with Crippen molar-refractivity contribution >= 4 is 11.8 Å². The Balaban J connectivity index is 2.25. The fourth-order valence-electron chi connectivity index (χ4n) is 2.06. The van der Waals surface area contributed by atoms with Crippen LogP contribution in [0.25, 0.3) is 0 Å². The number of likely N-dealkylation sites (tertiary alicyclic amines) is 1. The molecule has 2 atom stereocenters. The van der Waals surface area contributed by atoms with Crippen LogP contribution >= 0.6 is 0 Å². The maximum absolute atomic E-state index is 11.5. The smallest absolute Gasteiger partial charge is 0.321 e. The first-order chi connectivity index (χ1) is 7.59. The summed E-state index contributed by atoms with van der Waals surface area (Å²) in [7, 11) is 1.72. The first-order valence-electron chi connectivity index (χ1n) is 5.04. The van der Waals surface area contributed by atoms with E-state index in [1.54, 1.807) is 18.1 Å². The van der Waals surface area contributed by atoms with Crippen LogP contribution in [-0.2, 0) is 9.59 Å². The summed E-state index contributed by atoms with van der Waals surface area (Å²) >= 11 is 0. The van der Waals surface area contributed by atoms with Crippen LogP contribution in [0.2, 0.25) is 0 Å². The lowest BCUT2D eigenvalue weighted by Crippen LogP contribution is -2.46. The highest BCUT2D eigenvalue weighted by Gasteiger charge is 2.37. The van der Waals surface area contributed by atoms with E-state index in [1.807, 2.05) is 0 Å². The average Bonchev–Trinajstić information content (AvgIpc) is 2.73. The molecule has 86 valence electrons. The minimum Gasteiger partial charge on any atom is -0.480 e. The zero-order valence-corrected chi connectivity index (χ0v) is 8.88. The van der Waals surface area contributed by atoms with Gasteiger partial charge in [0.2, 0.25) is 0 Å². The molecule has 1 saturated heterocycles. The molecule has 0 bridgehead atoms. The second kappa shape index (κ2) is 4.05. The Kier molecular flexibility index (Phi) is 2.74. The molecule has 0 amide bonds. The van der Waals surface area contributed by atoms with Gasteiger partial charge in [0.15, 0.2) is 0 Å². The Hall–Kier alpha value is -1.69. The number of aliphatic carboxylic acids is 1. The molecule has 16 heavy (non-hydrogen) atoms. The SMILES string of the molecule is CN1C(C(=O)O)CC(=O)CC1c1cnc[nH]1. The van der Waals surface area contributed by atoms with E-state index >= 15 is 0 Å². The van der Waals surface area contributed by atoms with Crippen LogP contribution < -0.4 is 0 Å². The van der Waals surface area contributed by atoms with Crippen molar-refractivity contribution in [3.8, 4) is 0 Å². The van der Waals surface area contributed by atoms with Gasteiger partial charge in [-0.15, -0.1) is 0 Å². The lowest BCUT2D eigenvalue weighted by atomic mass is 9.93. The molecule has 1 aromatic rings. The van der Waals surface area contributed by atoms with E-state index in [2.05, 4.69) is 9.97 Å². The summed E-state index contributed by atoms with van der Waals surface area (Å²) in [6.45, 7) is 0. The van der Waals surface area contributed by atoms with Gasteiger partial charge in [0.05, 0.1) is 18.1 Å². The van der Waals surface area contributed by atoms with Gasteiger partial charge in [0.1, 0.15) is 11.8 Å². The number of hydrogen-bond donors (Lipinski definition) is 2. The maximum Gasteiger partial charge on any atom is 0.321 e. The molecule has 2 N–H and O–H groups in total. The number of H-pyrrole nitrogens is 1. The number of nitrogens with zero attached hydrogens (tertiary/aromatic N) is 2. The highest BCUT2D eigenvalue weighted by atomic mass is 16.4. The third-order valence-electron chi connectivity index (χ3n) is 2.99. The summed E-state index contributed by atoms with van der Waals surface area (Å²) in [4.78, 5) is 31.0. The van der Waals surface area contributed by atoms with E-state index in [-0.39, 0.29) is 18.2 Å². The van der Waals surface area contributed by atoms with Crippen molar-refractivity contribution in [1.29, 1.82) is 0 Å². The topological polar surface area (TPSA) is 86.3 Å². The molecule has 2 heterocycles. The summed E-state index contributed by atoms with van der Waals surface area (Å²) in [5.41, 5.74) is 0.779. The summed E-state index contributed by atoms with van der Waals surface area (Å²) in [5.74, 6) is -0.981. The van der Waals surface area contributed by atoms with Crippen molar-refractivity contribution < 1.29 is 14.7 Å². The largest absolute Gasteiger partial charge is 0.480 e. The number of hydrogen-bond acceptors (Lipinski definition) is 4. The minimum absolute atomic E-state index is 0.0231. The van der Waals surface area contributed by atoms with Gasteiger partial charge in [0.25, 0.3) is 0 Å². The quantitative estimate of drug-likeness (QED) is 0.747. The molecule has 2 rings (SSSR count). The number of nitrogens with one attached hydrogen (secondary N) is 1. The molecular weight excluding hydrogens is 210 g/mol. The molecule has 1 aliphatic heterocycles. The average molecular weight is 223 g/mol. The molecule has 6 heteroatoms. The van der Waals surface area contributed by atoms with Crippen molar-refractivity contribution in [2.24, 2.45) is 0 Å². The second-order valence-corrected chi connectivity index (χ2v) is 3.99. The van der Waals surface area contributed by atoms with Gasteiger partial charge in [-0.1, -0.05) is 0 Å². The second-order valence-electron chi connectivity index (χ2n) is 3.99. The van der Waals surface area contributed by atoms with Crippen molar-refractivity contribution in [1.82, 2.24) is 14.9 Å². The van der Waals surface area contributed by atoms with Crippen molar-refractivity contribution in [2.45, 2.75) is 24.9 Å². The van der Waals surface area contributed by atoms with E-state index in [0.29, 0.717) is 6.42 Å². The summed E-state index contributed by atoms with van der Waals surface area (Å²) < 4.78 is 0. The predicted molar refractivity (Wildman–Crippen MR) is 54.8 cm³/mol. The van der Waals surface area contributed by atoms with Crippen LogP contribution in [0.3, 0.4) is 0 Å². The van der Waals surface area contributed by atoms with Crippen LogP contribution in [0.5, 0.6) is 0 Å². The number of carbonyl (C=O) groups excluding carboxylic acids is 1. The highest BCUT2D eigenvalue weighted by molar-refractivity contribution is 5.87. The lowest BCUT2D eigenvalue weighted by molar-refractivity contribution is -0.148. The summed E-state index contributed by atoms with van der Waals surface area (Å²) in [5, 5.41) is 9.02. The number of aromatic amines is 1. The molecule has 6 nitrogen and oxygen atoms in total. The van der Waals surface area contributed by atoms with Crippen molar-refractivity contribution in [3.05, 3.63) is 18.2 Å². The number of piperidine rings is 1. The molecule has 0 aromatic carbocycles. The van der Waals surface area contributed by atoms with Gasteiger partial charge in [-0.3, -0.25) is 14.5 Å². The van der Waals surface area contributed by atoms with Gasteiger partial charge in [-0.2, -0.15) is 0 Å². The van der Waals surface area contributed by atoms with Crippen LogP contribution in [0, 0.1) is 0 Å². The fraction of sp³-hybridized carbons (Fsp3) is 0.500. The molecule has 1 fully saturated rings. The number of Topliss-reactive ketones (excluding diaryl/α,β-unsaturated/α-hetero) is 1. The zero-order chi connectivity index (χ0) is 11.7. The Bertz CT molecular complexity index is 401.